The molecule has 2 heteroatoms. The summed E-state index contributed by atoms with van der Waals surface area (Å²) < 4.78 is 0. The monoisotopic (exact) mass is 252 g/mol. The minimum Gasteiger partial charge on any atom is -0.314 e. The molecule has 0 aromatic rings. The van der Waals surface area contributed by atoms with E-state index >= 15 is 0 Å². The maximum atomic E-state index is 3.70. The summed E-state index contributed by atoms with van der Waals surface area (Å²) in [6.07, 6.45) is 9.76. The lowest BCUT2D eigenvalue weighted by Crippen LogP contribution is -2.49. The first-order chi connectivity index (χ1) is 8.70. The Morgan fingerprint density at radius 1 is 1.22 bits per heavy atom. The van der Waals surface area contributed by atoms with E-state index in [1.807, 2.05) is 0 Å². The summed E-state index contributed by atoms with van der Waals surface area (Å²) in [5, 5.41) is 3.70. The van der Waals surface area contributed by atoms with Gasteiger partial charge in [0.2, 0.25) is 0 Å². The highest BCUT2D eigenvalue weighted by molar-refractivity contribution is 4.85. The number of likely N-dealkylation sites (tertiary alicyclic amines) is 1. The van der Waals surface area contributed by atoms with Gasteiger partial charge in [0, 0.05) is 24.7 Å². The van der Waals surface area contributed by atoms with Crippen LogP contribution in [0.1, 0.15) is 65.7 Å². The molecular formula is C16H32N2. The fourth-order valence-corrected chi connectivity index (χ4v) is 3.83. The average Bonchev–Trinajstić information content (AvgIpc) is 2.40. The topological polar surface area (TPSA) is 15.3 Å². The second-order valence-corrected chi connectivity index (χ2v) is 6.63. The van der Waals surface area contributed by atoms with Gasteiger partial charge >= 0.3 is 0 Å². The fourth-order valence-electron chi connectivity index (χ4n) is 3.83. The van der Waals surface area contributed by atoms with E-state index in [2.05, 4.69) is 31.0 Å². The highest BCUT2D eigenvalue weighted by Crippen LogP contribution is 2.27. The van der Waals surface area contributed by atoms with E-state index in [0.717, 1.165) is 24.0 Å². The normalized spacial score (nSPS) is 36.5. The molecule has 0 bridgehead atoms. The number of piperidine rings is 2. The zero-order chi connectivity index (χ0) is 13.0. The summed E-state index contributed by atoms with van der Waals surface area (Å²) in [7, 11) is 0. The SMILES string of the molecule is CCC1CCC(C)N(C(C)CC2CCCCN2)C1. The molecule has 0 spiro atoms. The molecule has 2 aliphatic rings. The molecule has 0 saturated carbocycles. The highest BCUT2D eigenvalue weighted by atomic mass is 15.2. The summed E-state index contributed by atoms with van der Waals surface area (Å²) in [6.45, 7) is 9.81. The quantitative estimate of drug-likeness (QED) is 0.825. The van der Waals surface area contributed by atoms with Crippen molar-refractivity contribution < 1.29 is 0 Å². The molecule has 18 heavy (non-hydrogen) atoms. The second-order valence-electron chi connectivity index (χ2n) is 6.63. The van der Waals surface area contributed by atoms with E-state index < -0.39 is 0 Å². The maximum Gasteiger partial charge on any atom is 0.00846 e. The zero-order valence-electron chi connectivity index (χ0n) is 12.6. The van der Waals surface area contributed by atoms with Gasteiger partial charge in [-0.2, -0.15) is 0 Å². The Hall–Kier alpha value is -0.0800. The number of nitrogens with zero attached hydrogens (tertiary/aromatic N) is 1. The molecule has 4 unspecified atom stereocenters. The number of hydrogen-bond acceptors (Lipinski definition) is 2. The predicted molar refractivity (Wildman–Crippen MR) is 78.9 cm³/mol. The van der Waals surface area contributed by atoms with Crippen molar-refractivity contribution in [2.45, 2.75) is 83.8 Å². The van der Waals surface area contributed by atoms with Crippen LogP contribution in [0.4, 0.5) is 0 Å². The van der Waals surface area contributed by atoms with Crippen molar-refractivity contribution >= 4 is 0 Å². The summed E-state index contributed by atoms with van der Waals surface area (Å²) in [6, 6.07) is 2.33. The third-order valence-electron chi connectivity index (χ3n) is 5.21. The Labute approximate surface area is 114 Å². The van der Waals surface area contributed by atoms with Crippen LogP contribution in [-0.4, -0.2) is 36.1 Å². The number of rotatable bonds is 4. The smallest absolute Gasteiger partial charge is 0.00846 e. The van der Waals surface area contributed by atoms with Gasteiger partial charge in [0.15, 0.2) is 0 Å². The molecule has 2 heterocycles. The molecule has 0 aromatic heterocycles. The van der Waals surface area contributed by atoms with Gasteiger partial charge in [-0.25, -0.2) is 0 Å². The van der Waals surface area contributed by atoms with Crippen LogP contribution in [0.3, 0.4) is 0 Å². The van der Waals surface area contributed by atoms with Gasteiger partial charge in [-0.05, 0) is 58.4 Å². The third kappa shape index (κ3) is 3.71. The molecule has 0 radical (unpaired) electrons. The fraction of sp³-hybridized carbons (Fsp3) is 1.00. The van der Waals surface area contributed by atoms with Gasteiger partial charge in [-0.3, -0.25) is 4.90 Å². The Balaban J connectivity index is 1.83. The van der Waals surface area contributed by atoms with Gasteiger partial charge in [0.05, 0.1) is 0 Å². The van der Waals surface area contributed by atoms with Crippen LogP contribution in [0.25, 0.3) is 0 Å². The number of nitrogens with one attached hydrogen (secondary N) is 1. The molecule has 0 aliphatic carbocycles. The summed E-state index contributed by atoms with van der Waals surface area (Å²) >= 11 is 0. The molecule has 2 saturated heterocycles. The summed E-state index contributed by atoms with van der Waals surface area (Å²) in [5.74, 6) is 0.947. The van der Waals surface area contributed by atoms with E-state index in [4.69, 9.17) is 0 Å². The molecule has 2 fully saturated rings. The van der Waals surface area contributed by atoms with Gasteiger partial charge in [-0.15, -0.1) is 0 Å². The molecule has 1 N–H and O–H groups in total. The Morgan fingerprint density at radius 2 is 2.06 bits per heavy atom. The van der Waals surface area contributed by atoms with Crippen molar-refractivity contribution in [1.82, 2.24) is 10.2 Å². The van der Waals surface area contributed by atoms with E-state index in [1.54, 1.807) is 0 Å². The first kappa shape index (κ1) is 14.3. The van der Waals surface area contributed by atoms with Crippen molar-refractivity contribution in [3.05, 3.63) is 0 Å². The van der Waals surface area contributed by atoms with Crippen molar-refractivity contribution in [3.63, 3.8) is 0 Å². The van der Waals surface area contributed by atoms with E-state index in [0.29, 0.717) is 0 Å². The van der Waals surface area contributed by atoms with Gasteiger partial charge in [-0.1, -0.05) is 19.8 Å². The van der Waals surface area contributed by atoms with Crippen molar-refractivity contribution in [1.29, 1.82) is 0 Å². The average molecular weight is 252 g/mol. The minimum absolute atomic E-state index is 0.755. The lowest BCUT2D eigenvalue weighted by Gasteiger charge is -2.43. The molecule has 0 aromatic carbocycles. The Morgan fingerprint density at radius 3 is 2.72 bits per heavy atom. The molecular weight excluding hydrogens is 220 g/mol. The predicted octanol–water partition coefficient (Wildman–Crippen LogP) is 3.42. The minimum atomic E-state index is 0.755. The molecule has 2 aliphatic heterocycles. The lowest BCUT2D eigenvalue weighted by molar-refractivity contribution is 0.0671. The van der Waals surface area contributed by atoms with E-state index in [1.165, 1.54) is 58.0 Å². The van der Waals surface area contributed by atoms with Crippen molar-refractivity contribution in [3.8, 4) is 0 Å². The Bertz CT molecular complexity index is 235. The van der Waals surface area contributed by atoms with Crippen LogP contribution >= 0.6 is 0 Å². The van der Waals surface area contributed by atoms with Gasteiger partial charge in [0.25, 0.3) is 0 Å². The second kappa shape index (κ2) is 6.91. The van der Waals surface area contributed by atoms with Crippen LogP contribution in [0.2, 0.25) is 0 Å². The summed E-state index contributed by atoms with van der Waals surface area (Å²) in [5.41, 5.74) is 0. The Kier molecular flexibility index (Phi) is 5.50. The van der Waals surface area contributed by atoms with E-state index in [9.17, 15) is 0 Å². The summed E-state index contributed by atoms with van der Waals surface area (Å²) in [4.78, 5) is 2.79. The first-order valence-corrected chi connectivity index (χ1v) is 8.19. The lowest BCUT2D eigenvalue weighted by atomic mass is 9.89. The van der Waals surface area contributed by atoms with Crippen LogP contribution < -0.4 is 5.32 Å². The number of hydrogen-bond donors (Lipinski definition) is 1. The van der Waals surface area contributed by atoms with Crippen LogP contribution in [0, 0.1) is 5.92 Å². The van der Waals surface area contributed by atoms with Crippen LogP contribution in [0.5, 0.6) is 0 Å². The largest absolute Gasteiger partial charge is 0.314 e. The molecule has 0 amide bonds. The van der Waals surface area contributed by atoms with Gasteiger partial charge < -0.3 is 5.32 Å². The molecule has 4 atom stereocenters. The first-order valence-electron chi connectivity index (χ1n) is 8.19. The standard InChI is InChI=1S/C16H32N2/c1-4-15-9-8-13(2)18(12-15)14(3)11-16-7-5-6-10-17-16/h13-17H,4-12H2,1-3H3. The highest BCUT2D eigenvalue weighted by Gasteiger charge is 2.29. The molecule has 106 valence electrons. The van der Waals surface area contributed by atoms with Crippen LogP contribution in [-0.2, 0) is 0 Å². The third-order valence-corrected chi connectivity index (χ3v) is 5.21. The van der Waals surface area contributed by atoms with E-state index in [-0.39, 0.29) is 0 Å². The maximum absolute atomic E-state index is 3.70. The molecule has 2 rings (SSSR count). The zero-order valence-corrected chi connectivity index (χ0v) is 12.6. The molecule has 2 nitrogen and oxygen atoms in total. The van der Waals surface area contributed by atoms with Crippen molar-refractivity contribution in [2.24, 2.45) is 5.92 Å². The van der Waals surface area contributed by atoms with Crippen molar-refractivity contribution in [2.75, 3.05) is 13.1 Å². The van der Waals surface area contributed by atoms with Crippen LogP contribution in [0.15, 0.2) is 0 Å². The van der Waals surface area contributed by atoms with Gasteiger partial charge in [0.1, 0.15) is 0 Å².